The van der Waals surface area contributed by atoms with E-state index in [1.165, 1.54) is 0 Å². The number of rotatable bonds is 3. The second kappa shape index (κ2) is 4.76. The number of allylic oxidation sites excluding steroid dienone is 2. The van der Waals surface area contributed by atoms with Gasteiger partial charge in [0, 0.05) is 0 Å². The number of ether oxygens (including phenoxy) is 1. The van der Waals surface area contributed by atoms with Crippen LogP contribution in [-0.2, 0) is 8.56 Å². The van der Waals surface area contributed by atoms with E-state index in [1.807, 2.05) is 22.1 Å². The Bertz CT molecular complexity index is 268. The first-order chi connectivity index (χ1) is 7.22. The van der Waals surface area contributed by atoms with Gasteiger partial charge in [-0.3, -0.25) is 0 Å². The van der Waals surface area contributed by atoms with Crippen LogP contribution in [0.3, 0.4) is 0 Å². The monoisotopic (exact) mass is 282 g/mol. The van der Waals surface area contributed by atoms with Gasteiger partial charge in [0.1, 0.15) is 0 Å². The molecule has 4 atom stereocenters. The molecule has 2 rings (SSSR count). The van der Waals surface area contributed by atoms with E-state index < -0.39 is 38.8 Å². The van der Waals surface area contributed by atoms with Crippen LogP contribution in [0.4, 0.5) is 0 Å². The number of hydrogen-bond donors (Lipinski definition) is 3. The number of aliphatic hydroxyl groups is 3. The molecular formula is C9H14O5Se. The molecule has 2 aliphatic rings. The van der Waals surface area contributed by atoms with Gasteiger partial charge < -0.3 is 0 Å². The Balaban J connectivity index is 1.99. The minimum absolute atomic E-state index is 0.269. The Morgan fingerprint density at radius 2 is 1.93 bits per heavy atom. The maximum absolute atomic E-state index is 9.58. The van der Waals surface area contributed by atoms with Crippen LogP contribution in [0.15, 0.2) is 22.1 Å². The summed E-state index contributed by atoms with van der Waals surface area (Å²) >= 11 is -1.64. The first-order valence-corrected chi connectivity index (χ1v) is 7.58. The second-order valence-electron chi connectivity index (χ2n) is 3.35. The van der Waals surface area contributed by atoms with Crippen LogP contribution in [0.2, 0.25) is 0 Å². The SMILES string of the molecule is OC[C@H]1O[C@H](O)[C@H](O)[C@@H]1O[SeH]1C=CC=C1. The van der Waals surface area contributed by atoms with E-state index >= 15 is 0 Å². The van der Waals surface area contributed by atoms with Crippen LogP contribution in [-0.4, -0.2) is 60.8 Å². The molecule has 2 heterocycles. The summed E-state index contributed by atoms with van der Waals surface area (Å²) in [4.78, 5) is 3.91. The molecule has 0 spiro atoms. The van der Waals surface area contributed by atoms with Gasteiger partial charge in [-0.2, -0.15) is 0 Å². The molecule has 0 amide bonds. The van der Waals surface area contributed by atoms with Crippen LogP contribution in [0, 0.1) is 0 Å². The van der Waals surface area contributed by atoms with Crippen molar-refractivity contribution in [3.8, 4) is 0 Å². The first kappa shape index (κ1) is 11.3. The Kier molecular flexibility index (Phi) is 3.58. The summed E-state index contributed by atoms with van der Waals surface area (Å²) in [6.07, 6.45) is 0.152. The molecule has 1 fully saturated rings. The summed E-state index contributed by atoms with van der Waals surface area (Å²) in [6.45, 7) is -0.269. The fourth-order valence-corrected chi connectivity index (χ4v) is 4.29. The summed E-state index contributed by atoms with van der Waals surface area (Å²) < 4.78 is 10.6. The van der Waals surface area contributed by atoms with Crippen LogP contribution < -0.4 is 0 Å². The van der Waals surface area contributed by atoms with Gasteiger partial charge in [0.05, 0.1) is 0 Å². The third kappa shape index (κ3) is 2.32. The predicted molar refractivity (Wildman–Crippen MR) is 54.3 cm³/mol. The van der Waals surface area contributed by atoms with E-state index in [0.29, 0.717) is 0 Å². The average molecular weight is 281 g/mol. The molecule has 0 radical (unpaired) electrons. The van der Waals surface area contributed by atoms with Crippen molar-refractivity contribution in [2.24, 2.45) is 0 Å². The molecule has 5 nitrogen and oxygen atoms in total. The van der Waals surface area contributed by atoms with Crippen molar-refractivity contribution >= 4 is 14.2 Å². The fourth-order valence-electron chi connectivity index (χ4n) is 1.53. The van der Waals surface area contributed by atoms with Gasteiger partial charge in [0.15, 0.2) is 0 Å². The third-order valence-electron chi connectivity index (χ3n) is 2.31. The summed E-state index contributed by atoms with van der Waals surface area (Å²) in [7, 11) is 0. The molecule has 15 heavy (non-hydrogen) atoms. The van der Waals surface area contributed by atoms with Gasteiger partial charge in [-0.15, -0.1) is 0 Å². The first-order valence-electron chi connectivity index (χ1n) is 4.65. The molecular weight excluding hydrogens is 267 g/mol. The molecule has 3 N–H and O–H groups in total. The zero-order valence-electron chi connectivity index (χ0n) is 7.93. The molecule has 0 aromatic carbocycles. The van der Waals surface area contributed by atoms with Crippen molar-refractivity contribution in [3.05, 3.63) is 22.1 Å². The molecule has 0 aromatic rings. The van der Waals surface area contributed by atoms with Crippen LogP contribution >= 0.6 is 0 Å². The molecule has 2 aliphatic heterocycles. The van der Waals surface area contributed by atoms with E-state index in [2.05, 4.69) is 0 Å². The molecule has 86 valence electrons. The van der Waals surface area contributed by atoms with Crippen molar-refractivity contribution in [2.75, 3.05) is 6.61 Å². The predicted octanol–water partition coefficient (Wildman–Crippen LogP) is -1.63. The normalized spacial score (nSPS) is 41.7. The van der Waals surface area contributed by atoms with Gasteiger partial charge >= 0.3 is 91.4 Å². The van der Waals surface area contributed by atoms with E-state index in [1.54, 1.807) is 0 Å². The zero-order chi connectivity index (χ0) is 10.8. The van der Waals surface area contributed by atoms with E-state index in [0.717, 1.165) is 0 Å². The van der Waals surface area contributed by atoms with Crippen LogP contribution in [0.25, 0.3) is 0 Å². The molecule has 0 aliphatic carbocycles. The van der Waals surface area contributed by atoms with Crippen molar-refractivity contribution < 1.29 is 23.9 Å². The quantitative estimate of drug-likeness (QED) is 0.541. The standard InChI is InChI=1S/C9H14O5Se/c10-5-6-8(7(11)9(12)13-6)14-15-3-1-2-4-15/h1-4,6-12,15H,5H2/t6-,7-,8-,9+/m1/s1. The molecule has 0 bridgehead atoms. The van der Waals surface area contributed by atoms with Crippen LogP contribution in [0.5, 0.6) is 0 Å². The third-order valence-corrected chi connectivity index (χ3v) is 5.29. The zero-order valence-corrected chi connectivity index (χ0v) is 9.81. The Morgan fingerprint density at radius 1 is 1.27 bits per heavy atom. The Hall–Kier alpha value is -0.201. The summed E-state index contributed by atoms with van der Waals surface area (Å²) in [5, 5.41) is 27.8. The minimum atomic E-state index is -1.64. The summed E-state index contributed by atoms with van der Waals surface area (Å²) in [5.41, 5.74) is 0. The van der Waals surface area contributed by atoms with Gasteiger partial charge in [-0.25, -0.2) is 0 Å². The van der Waals surface area contributed by atoms with E-state index in [9.17, 15) is 10.2 Å². The molecule has 1 saturated heterocycles. The van der Waals surface area contributed by atoms with Gasteiger partial charge in [0.2, 0.25) is 0 Å². The van der Waals surface area contributed by atoms with E-state index in [-0.39, 0.29) is 6.61 Å². The van der Waals surface area contributed by atoms with Crippen molar-refractivity contribution in [2.45, 2.75) is 24.6 Å². The molecule has 0 saturated carbocycles. The van der Waals surface area contributed by atoms with Crippen molar-refractivity contribution in [1.82, 2.24) is 0 Å². The summed E-state index contributed by atoms with van der Waals surface area (Å²) in [6, 6.07) is 0. The number of aliphatic hydroxyl groups excluding tert-OH is 3. The Labute approximate surface area is 91.8 Å². The topological polar surface area (TPSA) is 79.2 Å². The Morgan fingerprint density at radius 3 is 2.53 bits per heavy atom. The van der Waals surface area contributed by atoms with Gasteiger partial charge in [-0.05, 0) is 0 Å². The number of hydrogen-bond acceptors (Lipinski definition) is 5. The van der Waals surface area contributed by atoms with E-state index in [4.69, 9.17) is 13.7 Å². The molecule has 0 unspecified atom stereocenters. The van der Waals surface area contributed by atoms with Crippen molar-refractivity contribution in [1.29, 1.82) is 0 Å². The average Bonchev–Trinajstić information content (AvgIpc) is 2.82. The second-order valence-corrected chi connectivity index (χ2v) is 6.55. The molecule has 0 aromatic heterocycles. The maximum atomic E-state index is 9.58. The van der Waals surface area contributed by atoms with Crippen molar-refractivity contribution in [3.63, 3.8) is 0 Å². The fraction of sp³-hybridized carbons (Fsp3) is 0.556. The molecule has 6 heteroatoms. The summed E-state index contributed by atoms with van der Waals surface area (Å²) in [5.74, 6) is 0. The van der Waals surface area contributed by atoms with Crippen LogP contribution in [0.1, 0.15) is 0 Å². The van der Waals surface area contributed by atoms with Gasteiger partial charge in [-0.1, -0.05) is 0 Å². The van der Waals surface area contributed by atoms with Gasteiger partial charge in [0.25, 0.3) is 0 Å².